The number of aromatic nitrogens is 2. The summed E-state index contributed by atoms with van der Waals surface area (Å²) >= 11 is 0. The fraction of sp³-hybridized carbons (Fsp3) is 0.542. The summed E-state index contributed by atoms with van der Waals surface area (Å²) < 4.78 is 21.2. The lowest BCUT2D eigenvalue weighted by molar-refractivity contribution is -0.152. The van der Waals surface area contributed by atoms with E-state index in [1.807, 2.05) is 23.4 Å². The Morgan fingerprint density at radius 2 is 1.81 bits per heavy atom. The van der Waals surface area contributed by atoms with Crippen molar-refractivity contribution in [2.24, 2.45) is 5.92 Å². The van der Waals surface area contributed by atoms with Gasteiger partial charge in [-0.1, -0.05) is 26.0 Å². The van der Waals surface area contributed by atoms with Crippen LogP contribution in [-0.4, -0.2) is 59.3 Å². The molecule has 1 fully saturated rings. The molecular formula is C24H33FN4O3. The number of aryl methyl sites for hydroxylation is 1. The molecule has 2 aromatic rings. The van der Waals surface area contributed by atoms with E-state index in [0.29, 0.717) is 44.2 Å². The van der Waals surface area contributed by atoms with Gasteiger partial charge in [0.2, 0.25) is 0 Å². The number of ether oxygens (including phenoxy) is 1. The fourth-order valence-electron chi connectivity index (χ4n) is 4.06. The lowest BCUT2D eigenvalue weighted by atomic mass is 10.1. The van der Waals surface area contributed by atoms with Gasteiger partial charge in [-0.15, -0.1) is 0 Å². The van der Waals surface area contributed by atoms with Crippen molar-refractivity contribution in [3.63, 3.8) is 0 Å². The van der Waals surface area contributed by atoms with Gasteiger partial charge < -0.3 is 14.5 Å². The van der Waals surface area contributed by atoms with Crippen LogP contribution in [0.4, 0.5) is 10.1 Å². The van der Waals surface area contributed by atoms with Crippen LogP contribution in [0.5, 0.6) is 0 Å². The summed E-state index contributed by atoms with van der Waals surface area (Å²) in [5, 5.41) is 4.57. The Morgan fingerprint density at radius 1 is 1.12 bits per heavy atom. The standard InChI is InChI=1S/C24H33FN4O3/c1-17(2)15-29-19(4)20(18(3)26-29)9-10-24(31)32-16-23(30)28-13-11-27(12-14-28)22-8-6-5-7-21(22)25/h5-8,17H,9-16H2,1-4H3. The Kier molecular flexibility index (Phi) is 7.88. The molecule has 8 heteroatoms. The van der Waals surface area contributed by atoms with Gasteiger partial charge in [-0.05, 0) is 43.9 Å². The zero-order chi connectivity index (χ0) is 23.3. The number of rotatable bonds is 8. The Morgan fingerprint density at radius 3 is 2.47 bits per heavy atom. The van der Waals surface area contributed by atoms with Crippen molar-refractivity contribution >= 4 is 17.6 Å². The number of anilines is 1. The molecule has 174 valence electrons. The zero-order valence-corrected chi connectivity index (χ0v) is 19.4. The molecule has 32 heavy (non-hydrogen) atoms. The van der Waals surface area contributed by atoms with Crippen molar-refractivity contribution in [1.29, 1.82) is 0 Å². The molecule has 0 spiro atoms. The maximum absolute atomic E-state index is 14.0. The van der Waals surface area contributed by atoms with Crippen molar-refractivity contribution in [3.05, 3.63) is 47.0 Å². The zero-order valence-electron chi connectivity index (χ0n) is 19.4. The van der Waals surface area contributed by atoms with Crippen LogP contribution in [0.1, 0.15) is 37.2 Å². The quantitative estimate of drug-likeness (QED) is 0.586. The third kappa shape index (κ3) is 5.87. The smallest absolute Gasteiger partial charge is 0.306 e. The molecule has 0 radical (unpaired) electrons. The molecule has 0 bridgehead atoms. The molecule has 1 amide bonds. The number of para-hydroxylation sites is 1. The van der Waals surface area contributed by atoms with Crippen molar-refractivity contribution in [1.82, 2.24) is 14.7 Å². The Balaban J connectivity index is 1.42. The molecule has 7 nitrogen and oxygen atoms in total. The number of hydrogen-bond donors (Lipinski definition) is 0. The Hall–Kier alpha value is -2.90. The second kappa shape index (κ2) is 10.6. The lowest BCUT2D eigenvalue weighted by Crippen LogP contribution is -2.50. The summed E-state index contributed by atoms with van der Waals surface area (Å²) in [6.07, 6.45) is 0.757. The number of hydrogen-bond acceptors (Lipinski definition) is 5. The van der Waals surface area contributed by atoms with Gasteiger partial charge >= 0.3 is 5.97 Å². The summed E-state index contributed by atoms with van der Waals surface area (Å²) in [5.74, 6) is -0.380. The summed E-state index contributed by atoms with van der Waals surface area (Å²) in [6.45, 7) is 10.9. The first-order chi connectivity index (χ1) is 15.3. The molecule has 2 heterocycles. The Bertz CT molecular complexity index is 949. The van der Waals surface area contributed by atoms with Crippen LogP contribution in [0.25, 0.3) is 0 Å². The first-order valence-electron chi connectivity index (χ1n) is 11.2. The van der Waals surface area contributed by atoms with E-state index in [0.717, 1.165) is 23.5 Å². The van der Waals surface area contributed by atoms with Crippen LogP contribution in [0, 0.1) is 25.6 Å². The van der Waals surface area contributed by atoms with Gasteiger partial charge in [-0.3, -0.25) is 14.3 Å². The Labute approximate surface area is 189 Å². The highest BCUT2D eigenvalue weighted by Crippen LogP contribution is 2.20. The fourth-order valence-corrected chi connectivity index (χ4v) is 4.06. The number of benzene rings is 1. The number of piperazine rings is 1. The highest BCUT2D eigenvalue weighted by atomic mass is 19.1. The summed E-state index contributed by atoms with van der Waals surface area (Å²) in [5.41, 5.74) is 3.62. The van der Waals surface area contributed by atoms with Gasteiger partial charge in [0.1, 0.15) is 5.82 Å². The largest absolute Gasteiger partial charge is 0.456 e. The molecule has 1 aliphatic heterocycles. The molecule has 1 aromatic heterocycles. The minimum Gasteiger partial charge on any atom is -0.456 e. The van der Waals surface area contributed by atoms with E-state index in [1.54, 1.807) is 23.1 Å². The monoisotopic (exact) mass is 444 g/mol. The maximum Gasteiger partial charge on any atom is 0.306 e. The van der Waals surface area contributed by atoms with E-state index < -0.39 is 5.97 Å². The number of carbonyl (C=O) groups excluding carboxylic acids is 2. The summed E-state index contributed by atoms with van der Waals surface area (Å²) in [4.78, 5) is 28.2. The first kappa shape index (κ1) is 23.8. The summed E-state index contributed by atoms with van der Waals surface area (Å²) in [6, 6.07) is 6.64. The van der Waals surface area contributed by atoms with Crippen LogP contribution in [0.2, 0.25) is 0 Å². The molecule has 3 rings (SSSR count). The number of amides is 1. The number of esters is 1. The van der Waals surface area contributed by atoms with Gasteiger partial charge in [0.25, 0.3) is 5.91 Å². The third-order valence-electron chi connectivity index (χ3n) is 5.83. The van der Waals surface area contributed by atoms with Crippen LogP contribution < -0.4 is 4.90 Å². The second-order valence-electron chi connectivity index (χ2n) is 8.71. The van der Waals surface area contributed by atoms with E-state index in [2.05, 4.69) is 18.9 Å². The van der Waals surface area contributed by atoms with Crippen molar-refractivity contribution in [2.45, 2.75) is 47.1 Å². The van der Waals surface area contributed by atoms with E-state index in [-0.39, 0.29) is 24.8 Å². The van der Waals surface area contributed by atoms with E-state index in [4.69, 9.17) is 4.74 Å². The highest BCUT2D eigenvalue weighted by molar-refractivity contribution is 5.81. The lowest BCUT2D eigenvalue weighted by Gasteiger charge is -2.36. The molecule has 0 aliphatic carbocycles. The van der Waals surface area contributed by atoms with E-state index in [9.17, 15) is 14.0 Å². The van der Waals surface area contributed by atoms with Gasteiger partial charge in [-0.2, -0.15) is 5.10 Å². The van der Waals surface area contributed by atoms with Gasteiger partial charge in [0, 0.05) is 44.8 Å². The van der Waals surface area contributed by atoms with Crippen LogP contribution in [-0.2, 0) is 27.3 Å². The molecule has 1 aliphatic rings. The molecule has 0 saturated carbocycles. The van der Waals surface area contributed by atoms with Crippen LogP contribution in [0.3, 0.4) is 0 Å². The van der Waals surface area contributed by atoms with Crippen LogP contribution in [0.15, 0.2) is 24.3 Å². The minimum absolute atomic E-state index is 0.212. The van der Waals surface area contributed by atoms with Crippen molar-refractivity contribution < 1.29 is 18.7 Å². The normalized spacial score (nSPS) is 14.2. The number of nitrogens with zero attached hydrogens (tertiary/aromatic N) is 4. The molecule has 0 unspecified atom stereocenters. The molecule has 1 aromatic carbocycles. The first-order valence-corrected chi connectivity index (χ1v) is 11.2. The topological polar surface area (TPSA) is 67.7 Å². The molecule has 0 atom stereocenters. The van der Waals surface area contributed by atoms with E-state index >= 15 is 0 Å². The van der Waals surface area contributed by atoms with Gasteiger partial charge in [0.05, 0.1) is 11.4 Å². The molecule has 1 saturated heterocycles. The average molecular weight is 445 g/mol. The third-order valence-corrected chi connectivity index (χ3v) is 5.83. The number of halogens is 1. The second-order valence-corrected chi connectivity index (χ2v) is 8.71. The molecule has 0 N–H and O–H groups in total. The van der Waals surface area contributed by atoms with Crippen LogP contribution >= 0.6 is 0 Å². The van der Waals surface area contributed by atoms with Crippen molar-refractivity contribution in [3.8, 4) is 0 Å². The maximum atomic E-state index is 14.0. The minimum atomic E-state index is -0.390. The van der Waals surface area contributed by atoms with Crippen molar-refractivity contribution in [2.75, 3.05) is 37.7 Å². The van der Waals surface area contributed by atoms with Gasteiger partial charge in [0.15, 0.2) is 6.61 Å². The van der Waals surface area contributed by atoms with E-state index in [1.165, 1.54) is 6.07 Å². The predicted octanol–water partition coefficient (Wildman–Crippen LogP) is 3.12. The molecular weight excluding hydrogens is 411 g/mol. The predicted molar refractivity (Wildman–Crippen MR) is 121 cm³/mol. The SMILES string of the molecule is Cc1nn(CC(C)C)c(C)c1CCC(=O)OCC(=O)N1CCN(c2ccccc2F)CC1. The summed E-state index contributed by atoms with van der Waals surface area (Å²) in [7, 11) is 0. The highest BCUT2D eigenvalue weighted by Gasteiger charge is 2.23. The average Bonchev–Trinajstić information content (AvgIpc) is 3.02. The number of carbonyl (C=O) groups is 2. The van der Waals surface area contributed by atoms with Gasteiger partial charge in [-0.25, -0.2) is 4.39 Å².